The Bertz CT molecular complexity index is 550. The summed E-state index contributed by atoms with van der Waals surface area (Å²) in [5.41, 5.74) is 0. The van der Waals surface area contributed by atoms with E-state index in [0.717, 1.165) is 12.5 Å². The molecule has 5 atom stereocenters. The summed E-state index contributed by atoms with van der Waals surface area (Å²) in [6.07, 6.45) is -3.56. The van der Waals surface area contributed by atoms with E-state index in [9.17, 15) is 34.8 Å². The van der Waals surface area contributed by atoms with E-state index in [1.807, 2.05) is 6.92 Å². The highest BCUT2D eigenvalue weighted by Crippen LogP contribution is 2.22. The Balaban J connectivity index is 2.81. The third kappa shape index (κ3) is 6.28. The summed E-state index contributed by atoms with van der Waals surface area (Å²) in [4.78, 5) is 33.9. The summed E-state index contributed by atoms with van der Waals surface area (Å²) in [5.74, 6) is -3.30. The highest BCUT2D eigenvalue weighted by atomic mass is 16.5. The third-order valence-corrected chi connectivity index (χ3v) is 3.87. The molecule has 0 spiro atoms. The van der Waals surface area contributed by atoms with Crippen molar-refractivity contribution in [3.63, 3.8) is 0 Å². The molecule has 2 amide bonds. The molecule has 1 heterocycles. The molecule has 0 aromatic carbocycles. The lowest BCUT2D eigenvalue weighted by Crippen LogP contribution is -2.60. The molecule has 148 valence electrons. The summed E-state index contributed by atoms with van der Waals surface area (Å²) in [5, 5.41) is 46.2. The van der Waals surface area contributed by atoms with E-state index in [2.05, 4.69) is 10.6 Å². The molecule has 5 N–H and O–H groups in total. The zero-order valence-corrected chi connectivity index (χ0v) is 14.7. The molecular weight excluding hydrogens is 348 g/mol. The molecule has 0 radical (unpaired) electrons. The molecule has 0 aliphatic carbocycles. The average molecular weight is 373 g/mol. The number of aliphatic hydroxyl groups is 3. The van der Waals surface area contributed by atoms with Crippen molar-refractivity contribution in [2.24, 2.45) is 0 Å². The molecule has 0 bridgehead atoms. The lowest BCUT2D eigenvalue weighted by atomic mass is 9.93. The molecule has 0 fully saturated rings. The summed E-state index contributed by atoms with van der Waals surface area (Å²) in [6, 6.07) is -1.20. The molecule has 0 saturated heterocycles. The molecular formula is C16H25N2O8-. The smallest absolute Gasteiger partial charge is 0.220 e. The Morgan fingerprint density at radius 1 is 1.35 bits per heavy atom. The molecule has 1 rings (SSSR count). The van der Waals surface area contributed by atoms with E-state index in [0.29, 0.717) is 6.42 Å². The van der Waals surface area contributed by atoms with Crippen LogP contribution in [0.15, 0.2) is 11.8 Å². The van der Waals surface area contributed by atoms with E-state index in [-0.39, 0.29) is 18.9 Å². The topological polar surface area (TPSA) is 168 Å². The van der Waals surface area contributed by atoms with Crippen LogP contribution in [0.4, 0.5) is 0 Å². The van der Waals surface area contributed by atoms with Crippen LogP contribution in [0.25, 0.3) is 0 Å². The van der Waals surface area contributed by atoms with Gasteiger partial charge in [-0.15, -0.1) is 0 Å². The highest BCUT2D eigenvalue weighted by Gasteiger charge is 2.42. The first-order valence-electron chi connectivity index (χ1n) is 8.35. The van der Waals surface area contributed by atoms with Gasteiger partial charge in [-0.2, -0.15) is 0 Å². The first kappa shape index (κ1) is 21.9. The Morgan fingerprint density at radius 2 is 2.00 bits per heavy atom. The van der Waals surface area contributed by atoms with Gasteiger partial charge in [-0.05, 0) is 12.5 Å². The van der Waals surface area contributed by atoms with Gasteiger partial charge in [0.2, 0.25) is 11.8 Å². The van der Waals surface area contributed by atoms with Gasteiger partial charge in [0.25, 0.3) is 0 Å². The van der Waals surface area contributed by atoms with Crippen LogP contribution in [-0.2, 0) is 19.1 Å². The zero-order chi connectivity index (χ0) is 19.9. The Kier molecular flexibility index (Phi) is 8.49. The van der Waals surface area contributed by atoms with E-state index < -0.39 is 48.1 Å². The standard InChI is InChI=1S/C16H26N2O8/c1-3-4-5-12(22)17-7-10(21)14(23)15-13(18-8(2)19)9(20)6-11(26-15)16(24)25/h6,9-10,13-15,20-21,23H,3-5,7H2,1-2H3,(H,17,22)(H,18,19)(H,24,25)/p-1/t9?,10-,13-,14-,15?/m1/s1. The number of nitrogens with one attached hydrogen (secondary N) is 2. The molecule has 0 saturated carbocycles. The number of carboxylic acids is 1. The van der Waals surface area contributed by atoms with Crippen molar-refractivity contribution >= 4 is 17.8 Å². The first-order valence-corrected chi connectivity index (χ1v) is 8.35. The van der Waals surface area contributed by atoms with E-state index in [1.165, 1.54) is 6.92 Å². The zero-order valence-electron chi connectivity index (χ0n) is 14.7. The van der Waals surface area contributed by atoms with E-state index in [4.69, 9.17) is 4.74 Å². The predicted molar refractivity (Wildman–Crippen MR) is 86.1 cm³/mol. The van der Waals surface area contributed by atoms with Gasteiger partial charge in [-0.3, -0.25) is 9.59 Å². The molecule has 10 nitrogen and oxygen atoms in total. The van der Waals surface area contributed by atoms with Gasteiger partial charge in [0, 0.05) is 19.9 Å². The summed E-state index contributed by atoms with van der Waals surface area (Å²) < 4.78 is 5.09. The number of aliphatic carboxylic acids is 1. The number of unbranched alkanes of at least 4 members (excludes halogenated alkanes) is 1. The van der Waals surface area contributed by atoms with Crippen molar-refractivity contribution in [2.75, 3.05) is 6.54 Å². The number of rotatable bonds is 9. The van der Waals surface area contributed by atoms with E-state index >= 15 is 0 Å². The molecule has 0 aromatic rings. The minimum Gasteiger partial charge on any atom is -0.542 e. The molecule has 1 aliphatic rings. The molecule has 1 aliphatic heterocycles. The van der Waals surface area contributed by atoms with Crippen LogP contribution in [0.3, 0.4) is 0 Å². The maximum absolute atomic E-state index is 11.6. The van der Waals surface area contributed by atoms with Gasteiger partial charge >= 0.3 is 0 Å². The van der Waals surface area contributed by atoms with Crippen LogP contribution in [0.2, 0.25) is 0 Å². The van der Waals surface area contributed by atoms with Gasteiger partial charge in [0.05, 0.1) is 12.1 Å². The van der Waals surface area contributed by atoms with Gasteiger partial charge in [0.1, 0.15) is 23.9 Å². The monoisotopic (exact) mass is 373 g/mol. The normalized spacial score (nSPS) is 24.7. The Labute approximate surface area is 150 Å². The lowest BCUT2D eigenvalue weighted by Gasteiger charge is -2.39. The fourth-order valence-corrected chi connectivity index (χ4v) is 2.50. The molecule has 0 aromatic heterocycles. The molecule has 2 unspecified atom stereocenters. The minimum absolute atomic E-state index is 0.268. The number of carbonyl (C=O) groups is 3. The first-order chi connectivity index (χ1) is 12.2. The maximum Gasteiger partial charge on any atom is 0.220 e. The summed E-state index contributed by atoms with van der Waals surface area (Å²) in [6.45, 7) is 2.78. The van der Waals surface area contributed by atoms with Crippen LogP contribution >= 0.6 is 0 Å². The van der Waals surface area contributed by atoms with Crippen molar-refractivity contribution in [3.05, 3.63) is 11.8 Å². The van der Waals surface area contributed by atoms with Crippen molar-refractivity contribution in [3.8, 4) is 0 Å². The van der Waals surface area contributed by atoms with Crippen molar-refractivity contribution in [1.82, 2.24) is 10.6 Å². The van der Waals surface area contributed by atoms with Crippen LogP contribution in [0.5, 0.6) is 0 Å². The maximum atomic E-state index is 11.6. The Morgan fingerprint density at radius 3 is 2.54 bits per heavy atom. The second-order valence-corrected chi connectivity index (χ2v) is 6.08. The minimum atomic E-state index is -1.72. The number of amides is 2. The summed E-state index contributed by atoms with van der Waals surface area (Å²) >= 11 is 0. The number of ether oxygens (including phenoxy) is 1. The number of hydrogen-bond acceptors (Lipinski definition) is 8. The van der Waals surface area contributed by atoms with Crippen LogP contribution in [0, 0.1) is 0 Å². The largest absolute Gasteiger partial charge is 0.542 e. The van der Waals surface area contributed by atoms with Gasteiger partial charge in [-0.1, -0.05) is 13.3 Å². The summed E-state index contributed by atoms with van der Waals surface area (Å²) in [7, 11) is 0. The number of carbonyl (C=O) groups excluding carboxylic acids is 3. The average Bonchev–Trinajstić information content (AvgIpc) is 2.58. The van der Waals surface area contributed by atoms with Crippen molar-refractivity contribution in [1.29, 1.82) is 0 Å². The van der Waals surface area contributed by atoms with Gasteiger partial charge in [-0.25, -0.2) is 0 Å². The van der Waals surface area contributed by atoms with Crippen LogP contribution < -0.4 is 15.7 Å². The number of aliphatic hydroxyl groups excluding tert-OH is 3. The molecule has 10 heteroatoms. The number of carboxylic acid groups (broad SMARTS) is 1. The SMILES string of the molecule is CCCCC(=O)NC[C@@H](O)[C@@H](O)C1OC(C(=O)[O-])=CC(O)[C@H]1NC(C)=O. The van der Waals surface area contributed by atoms with Crippen molar-refractivity contribution in [2.45, 2.75) is 63.6 Å². The fourth-order valence-electron chi connectivity index (χ4n) is 2.50. The second kappa shape index (κ2) is 10.1. The van der Waals surface area contributed by atoms with Crippen LogP contribution in [-0.4, -0.2) is 70.1 Å². The Hall–Kier alpha value is -2.17. The second-order valence-electron chi connectivity index (χ2n) is 6.08. The lowest BCUT2D eigenvalue weighted by molar-refractivity contribution is -0.305. The quantitative estimate of drug-likeness (QED) is 0.283. The predicted octanol–water partition coefficient (Wildman–Crippen LogP) is -3.09. The van der Waals surface area contributed by atoms with Gasteiger partial charge < -0.3 is 40.6 Å². The van der Waals surface area contributed by atoms with Crippen molar-refractivity contribution < 1.29 is 39.5 Å². The fraction of sp³-hybridized carbons (Fsp3) is 0.688. The highest BCUT2D eigenvalue weighted by molar-refractivity contribution is 5.82. The van der Waals surface area contributed by atoms with Crippen LogP contribution in [0.1, 0.15) is 33.1 Å². The third-order valence-electron chi connectivity index (χ3n) is 3.87. The number of hydrogen-bond donors (Lipinski definition) is 5. The van der Waals surface area contributed by atoms with E-state index in [1.54, 1.807) is 0 Å². The van der Waals surface area contributed by atoms with Gasteiger partial charge in [0.15, 0.2) is 6.10 Å². The molecule has 26 heavy (non-hydrogen) atoms.